The lowest BCUT2D eigenvalue weighted by Gasteiger charge is -2.19. The Morgan fingerprint density at radius 3 is 2.12 bits per heavy atom. The molecule has 0 bridgehead atoms. The molecule has 0 saturated carbocycles. The first kappa shape index (κ1) is 23.3. The molecular weight excluding hydrogens is 374 g/mol. The van der Waals surface area contributed by atoms with Gasteiger partial charge in [0, 0.05) is 26.7 Å². The molecular formula is C14H26ClN3O4S2. The Bertz CT molecular complexity index is 721. The quantitative estimate of drug-likeness (QED) is 0.647. The Hall–Kier alpha value is -0.710. The topological polar surface area (TPSA) is 110 Å². The van der Waals surface area contributed by atoms with E-state index in [1.807, 2.05) is 6.92 Å². The molecule has 140 valence electrons. The number of sulfonamides is 2. The summed E-state index contributed by atoms with van der Waals surface area (Å²) in [5, 5.41) is 0. The standard InChI is InChI=1S/C14H25N3O4S2.ClH/c1-4-5-8-12(11-15)16-22(18,19)13-9-6-7-10-14(13)23(20,21)17(2)3;/h6-7,9-10,12,16H,4-5,8,11,15H2,1-3H3;1H. The van der Waals surface area contributed by atoms with Gasteiger partial charge in [-0.15, -0.1) is 12.4 Å². The van der Waals surface area contributed by atoms with E-state index in [0.717, 1.165) is 17.1 Å². The second-order valence-electron chi connectivity index (χ2n) is 5.43. The fourth-order valence-corrected chi connectivity index (χ4v) is 5.02. The van der Waals surface area contributed by atoms with Crippen molar-refractivity contribution in [2.75, 3.05) is 20.6 Å². The van der Waals surface area contributed by atoms with Gasteiger partial charge in [0.1, 0.15) is 9.79 Å². The molecule has 0 fully saturated rings. The van der Waals surface area contributed by atoms with E-state index in [1.165, 1.54) is 38.4 Å². The van der Waals surface area contributed by atoms with Crippen molar-refractivity contribution in [2.24, 2.45) is 5.73 Å². The number of benzene rings is 1. The van der Waals surface area contributed by atoms with Crippen LogP contribution < -0.4 is 10.5 Å². The van der Waals surface area contributed by atoms with Crippen molar-refractivity contribution in [1.82, 2.24) is 9.03 Å². The van der Waals surface area contributed by atoms with E-state index in [4.69, 9.17) is 5.73 Å². The van der Waals surface area contributed by atoms with E-state index in [9.17, 15) is 16.8 Å². The van der Waals surface area contributed by atoms with Crippen molar-refractivity contribution in [3.8, 4) is 0 Å². The van der Waals surface area contributed by atoms with Crippen LogP contribution in [0.1, 0.15) is 26.2 Å². The molecule has 1 rings (SSSR count). The minimum atomic E-state index is -3.99. The average Bonchev–Trinajstić information content (AvgIpc) is 2.51. The normalized spacial score (nSPS) is 13.5. The van der Waals surface area contributed by atoms with E-state index in [0.29, 0.717) is 6.42 Å². The lowest BCUT2D eigenvalue weighted by molar-refractivity contribution is 0.507. The maximum atomic E-state index is 12.6. The van der Waals surface area contributed by atoms with Gasteiger partial charge in [0.15, 0.2) is 0 Å². The van der Waals surface area contributed by atoms with Crippen LogP contribution in [-0.2, 0) is 20.0 Å². The largest absolute Gasteiger partial charge is 0.329 e. The number of hydrogen-bond donors (Lipinski definition) is 2. The van der Waals surface area contributed by atoms with Crippen LogP contribution in [0.5, 0.6) is 0 Å². The minimum absolute atomic E-state index is 0. The molecule has 1 aromatic rings. The van der Waals surface area contributed by atoms with Gasteiger partial charge in [0.25, 0.3) is 0 Å². The first-order valence-corrected chi connectivity index (χ1v) is 10.3. The number of nitrogens with one attached hydrogen (secondary N) is 1. The fourth-order valence-electron chi connectivity index (χ4n) is 2.04. The molecule has 1 atom stereocenters. The lowest BCUT2D eigenvalue weighted by atomic mass is 10.1. The average molecular weight is 400 g/mol. The molecule has 7 nitrogen and oxygen atoms in total. The zero-order valence-corrected chi connectivity index (χ0v) is 16.5. The predicted molar refractivity (Wildman–Crippen MR) is 97.3 cm³/mol. The maximum Gasteiger partial charge on any atom is 0.243 e. The Balaban J connectivity index is 0.00000529. The highest BCUT2D eigenvalue weighted by Gasteiger charge is 2.29. The van der Waals surface area contributed by atoms with E-state index >= 15 is 0 Å². The molecule has 0 aromatic heterocycles. The number of nitrogens with zero attached hydrogens (tertiary/aromatic N) is 1. The van der Waals surface area contributed by atoms with Crippen LogP contribution in [0.4, 0.5) is 0 Å². The third-order valence-electron chi connectivity index (χ3n) is 3.41. The highest BCUT2D eigenvalue weighted by atomic mass is 35.5. The summed E-state index contributed by atoms with van der Waals surface area (Å²) in [6.07, 6.45) is 2.36. The molecule has 24 heavy (non-hydrogen) atoms. The van der Waals surface area contributed by atoms with E-state index < -0.39 is 26.1 Å². The van der Waals surface area contributed by atoms with Gasteiger partial charge in [0.05, 0.1) is 0 Å². The van der Waals surface area contributed by atoms with E-state index in [2.05, 4.69) is 4.72 Å². The Morgan fingerprint density at radius 1 is 1.12 bits per heavy atom. The summed E-state index contributed by atoms with van der Waals surface area (Å²) in [5.41, 5.74) is 5.62. The van der Waals surface area contributed by atoms with Crippen LogP contribution in [0.2, 0.25) is 0 Å². The van der Waals surface area contributed by atoms with Crippen LogP contribution in [0.3, 0.4) is 0 Å². The number of unbranched alkanes of at least 4 members (excludes halogenated alkanes) is 1. The summed E-state index contributed by atoms with van der Waals surface area (Å²) in [5.74, 6) is 0. The maximum absolute atomic E-state index is 12.6. The first-order valence-electron chi connectivity index (χ1n) is 7.40. The van der Waals surface area contributed by atoms with Crippen LogP contribution >= 0.6 is 12.4 Å². The third kappa shape index (κ3) is 5.68. The molecule has 0 aliphatic rings. The monoisotopic (exact) mass is 399 g/mol. The van der Waals surface area contributed by atoms with Crippen LogP contribution in [0.15, 0.2) is 34.1 Å². The highest BCUT2D eigenvalue weighted by Crippen LogP contribution is 2.23. The summed E-state index contributed by atoms with van der Waals surface area (Å²) < 4.78 is 53.4. The number of halogens is 1. The molecule has 1 aromatic carbocycles. The highest BCUT2D eigenvalue weighted by molar-refractivity contribution is 7.92. The first-order chi connectivity index (χ1) is 10.7. The van der Waals surface area contributed by atoms with Gasteiger partial charge in [-0.05, 0) is 18.6 Å². The summed E-state index contributed by atoms with van der Waals surface area (Å²) in [6.45, 7) is 2.16. The summed E-state index contributed by atoms with van der Waals surface area (Å²) in [6, 6.07) is 5.13. The van der Waals surface area contributed by atoms with Crippen molar-refractivity contribution >= 4 is 32.5 Å². The number of rotatable bonds is 9. The van der Waals surface area contributed by atoms with Crippen molar-refractivity contribution in [3.63, 3.8) is 0 Å². The molecule has 0 aliphatic heterocycles. The van der Waals surface area contributed by atoms with Gasteiger partial charge in [-0.3, -0.25) is 0 Å². The molecule has 1 unspecified atom stereocenters. The van der Waals surface area contributed by atoms with Gasteiger partial charge < -0.3 is 5.73 Å². The Kier molecular flexibility index (Phi) is 9.40. The molecule has 10 heteroatoms. The number of hydrogen-bond acceptors (Lipinski definition) is 5. The lowest BCUT2D eigenvalue weighted by Crippen LogP contribution is -2.40. The van der Waals surface area contributed by atoms with Crippen LogP contribution in [0.25, 0.3) is 0 Å². The third-order valence-corrected chi connectivity index (χ3v) is 6.99. The fraction of sp³-hybridized carbons (Fsp3) is 0.571. The molecule has 0 aliphatic carbocycles. The molecule has 0 spiro atoms. The summed E-state index contributed by atoms with van der Waals surface area (Å²) >= 11 is 0. The minimum Gasteiger partial charge on any atom is -0.329 e. The predicted octanol–water partition coefficient (Wildman–Crippen LogP) is 1.15. The Morgan fingerprint density at radius 2 is 1.67 bits per heavy atom. The molecule has 0 amide bonds. The van der Waals surface area contributed by atoms with Crippen molar-refractivity contribution in [1.29, 1.82) is 0 Å². The smallest absolute Gasteiger partial charge is 0.243 e. The SMILES string of the molecule is CCCCC(CN)NS(=O)(=O)c1ccccc1S(=O)(=O)N(C)C.Cl. The van der Waals surface area contributed by atoms with Gasteiger partial charge in [0.2, 0.25) is 20.0 Å². The second-order valence-corrected chi connectivity index (χ2v) is 9.23. The van der Waals surface area contributed by atoms with Gasteiger partial charge >= 0.3 is 0 Å². The second kappa shape index (κ2) is 9.69. The zero-order valence-electron chi connectivity index (χ0n) is 14.1. The summed E-state index contributed by atoms with van der Waals surface area (Å²) in [7, 11) is -5.14. The molecule has 0 heterocycles. The zero-order chi connectivity index (χ0) is 17.7. The van der Waals surface area contributed by atoms with Gasteiger partial charge in [-0.25, -0.2) is 25.9 Å². The molecule has 0 radical (unpaired) electrons. The Labute approximate surface area is 151 Å². The molecule has 3 N–H and O–H groups in total. The van der Waals surface area contributed by atoms with E-state index in [-0.39, 0.29) is 28.7 Å². The van der Waals surface area contributed by atoms with Gasteiger partial charge in [-0.1, -0.05) is 31.9 Å². The summed E-state index contributed by atoms with van der Waals surface area (Å²) in [4.78, 5) is -0.507. The van der Waals surface area contributed by atoms with Gasteiger partial charge in [-0.2, -0.15) is 0 Å². The van der Waals surface area contributed by atoms with Crippen molar-refractivity contribution in [3.05, 3.63) is 24.3 Å². The number of nitrogens with two attached hydrogens (primary N) is 1. The van der Waals surface area contributed by atoms with Crippen LogP contribution in [-0.4, -0.2) is 47.8 Å². The van der Waals surface area contributed by atoms with Crippen molar-refractivity contribution < 1.29 is 16.8 Å². The van der Waals surface area contributed by atoms with Crippen LogP contribution in [0, 0.1) is 0 Å². The van der Waals surface area contributed by atoms with E-state index in [1.54, 1.807) is 0 Å². The molecule has 0 saturated heterocycles. The van der Waals surface area contributed by atoms with Crippen molar-refractivity contribution in [2.45, 2.75) is 42.0 Å².